The maximum atomic E-state index is 15.3. The van der Waals surface area contributed by atoms with Crippen molar-refractivity contribution in [1.29, 1.82) is 5.26 Å². The van der Waals surface area contributed by atoms with Crippen molar-refractivity contribution in [1.82, 2.24) is 39.9 Å². The summed E-state index contributed by atoms with van der Waals surface area (Å²) in [7, 11) is 0. The Morgan fingerprint density at radius 1 is 1.22 bits per heavy atom. The van der Waals surface area contributed by atoms with Gasteiger partial charge >= 0.3 is 6.09 Å². The van der Waals surface area contributed by atoms with Crippen molar-refractivity contribution >= 4 is 17.7 Å². The fourth-order valence-electron chi connectivity index (χ4n) is 4.62. The summed E-state index contributed by atoms with van der Waals surface area (Å²) in [5.74, 6) is -0.741. The van der Waals surface area contributed by atoms with Gasteiger partial charge in [0.25, 0.3) is 0 Å². The van der Waals surface area contributed by atoms with Crippen LogP contribution in [0.4, 0.5) is 9.18 Å². The summed E-state index contributed by atoms with van der Waals surface area (Å²) < 4.78 is 23.8. The third kappa shape index (κ3) is 4.90. The number of aromatic nitrogens is 8. The SMILES string of the molecule is N#Cc1cc(-c2cnn([C@H](CN3CCOC3=O)c3ccc(-c4c(-n5cnnn5)ccc(Cl)c4F)c[n+]3[O-])c2)ccn1. The molecule has 15 heteroatoms. The van der Waals surface area contributed by atoms with E-state index in [-0.39, 0.29) is 46.4 Å². The molecule has 204 valence electrons. The Balaban J connectivity index is 1.42. The lowest BCUT2D eigenvalue weighted by atomic mass is 10.0. The van der Waals surface area contributed by atoms with Gasteiger partial charge in [-0.15, -0.1) is 5.10 Å². The molecule has 5 aromatic rings. The molecule has 1 aromatic carbocycles. The molecule has 41 heavy (non-hydrogen) atoms. The van der Waals surface area contributed by atoms with Gasteiger partial charge in [-0.05, 0) is 46.3 Å². The molecule has 0 spiro atoms. The molecule has 0 radical (unpaired) electrons. The standard InChI is InChI=1S/C26H18ClFN10O3/c27-20-2-4-22(37-15-31-33-34-37)24(25(20)28)17-1-3-21(38(40)13-17)23(14-35-7-8-41-26(35)39)36-12-18(11-32-36)16-5-6-30-19(9-16)10-29/h1-6,9,11-13,15,23H,7-8,14H2/t23-/m1/s1. The molecule has 1 aliphatic rings. The zero-order valence-corrected chi connectivity index (χ0v) is 21.8. The summed E-state index contributed by atoms with van der Waals surface area (Å²) in [5, 5.41) is 38.1. The first-order valence-corrected chi connectivity index (χ1v) is 12.6. The number of halogens is 2. The fourth-order valence-corrected chi connectivity index (χ4v) is 4.78. The van der Waals surface area contributed by atoms with Crippen LogP contribution in [0.1, 0.15) is 17.4 Å². The van der Waals surface area contributed by atoms with E-state index in [9.17, 15) is 15.3 Å². The van der Waals surface area contributed by atoms with Crippen molar-refractivity contribution in [2.24, 2.45) is 0 Å². The number of carbonyl (C=O) groups is 1. The zero-order chi connectivity index (χ0) is 28.5. The molecule has 0 aliphatic carbocycles. The predicted octanol–water partition coefficient (Wildman–Crippen LogP) is 2.93. The lowest BCUT2D eigenvalue weighted by Gasteiger charge is -2.22. The number of tetrazole rings is 1. The predicted molar refractivity (Wildman–Crippen MR) is 140 cm³/mol. The Hall–Kier alpha value is -5.42. The molecule has 1 saturated heterocycles. The van der Waals surface area contributed by atoms with Gasteiger partial charge in [0.15, 0.2) is 18.1 Å². The van der Waals surface area contributed by atoms with E-state index in [1.54, 1.807) is 47.4 Å². The molecule has 6 rings (SSSR count). The van der Waals surface area contributed by atoms with Crippen LogP contribution >= 0.6 is 11.6 Å². The highest BCUT2D eigenvalue weighted by atomic mass is 35.5. The van der Waals surface area contributed by atoms with Gasteiger partial charge in [-0.2, -0.15) is 19.8 Å². The number of ether oxygens (including phenoxy) is 1. The summed E-state index contributed by atoms with van der Waals surface area (Å²) in [6.07, 6.45) is 6.84. The molecular weight excluding hydrogens is 555 g/mol. The Kier molecular flexibility index (Phi) is 6.70. The average molecular weight is 573 g/mol. The minimum atomic E-state index is -0.741. The molecule has 13 nitrogen and oxygen atoms in total. The first kappa shape index (κ1) is 25.8. The Morgan fingerprint density at radius 3 is 2.83 bits per heavy atom. The van der Waals surface area contributed by atoms with E-state index in [2.05, 4.69) is 25.6 Å². The van der Waals surface area contributed by atoms with Gasteiger partial charge in [0.05, 0.1) is 41.1 Å². The third-order valence-electron chi connectivity index (χ3n) is 6.61. The molecule has 1 fully saturated rings. The number of carbonyl (C=O) groups excluding carboxylic acids is 1. The molecule has 1 aliphatic heterocycles. The van der Waals surface area contributed by atoms with Crippen LogP contribution in [0.2, 0.25) is 5.02 Å². The molecule has 4 aromatic heterocycles. The Labute approximate surface area is 236 Å². The lowest BCUT2D eigenvalue weighted by Crippen LogP contribution is -2.40. The van der Waals surface area contributed by atoms with Crippen LogP contribution in [0.5, 0.6) is 0 Å². The van der Waals surface area contributed by atoms with E-state index in [1.165, 1.54) is 34.4 Å². The maximum absolute atomic E-state index is 15.3. The first-order valence-electron chi connectivity index (χ1n) is 12.2. The fraction of sp³-hybridized carbons (Fsp3) is 0.154. The number of hydrogen-bond donors (Lipinski definition) is 0. The number of rotatable bonds is 7. The van der Waals surface area contributed by atoms with Gasteiger partial charge in [0.2, 0.25) is 5.69 Å². The van der Waals surface area contributed by atoms with Crippen LogP contribution in [0.3, 0.4) is 0 Å². The van der Waals surface area contributed by atoms with Gasteiger partial charge in [-0.25, -0.2) is 14.2 Å². The third-order valence-corrected chi connectivity index (χ3v) is 6.90. The molecule has 1 atom stereocenters. The number of nitriles is 1. The largest absolute Gasteiger partial charge is 0.618 e. The number of hydrogen-bond acceptors (Lipinski definition) is 9. The van der Waals surface area contributed by atoms with Crippen LogP contribution in [0, 0.1) is 22.4 Å². The van der Waals surface area contributed by atoms with E-state index in [1.807, 2.05) is 6.07 Å². The highest BCUT2D eigenvalue weighted by molar-refractivity contribution is 6.31. The number of cyclic esters (lactones) is 1. The van der Waals surface area contributed by atoms with Crippen molar-refractivity contribution < 1.29 is 18.7 Å². The molecule has 0 saturated carbocycles. The van der Waals surface area contributed by atoms with E-state index < -0.39 is 18.0 Å². The van der Waals surface area contributed by atoms with E-state index in [4.69, 9.17) is 16.3 Å². The summed E-state index contributed by atoms with van der Waals surface area (Å²) >= 11 is 6.08. The molecule has 0 unspecified atom stereocenters. The second-order valence-corrected chi connectivity index (χ2v) is 9.41. The Bertz CT molecular complexity index is 1800. The van der Waals surface area contributed by atoms with Crippen LogP contribution in [0.25, 0.3) is 27.9 Å². The topological polar surface area (TPSA) is 155 Å². The Morgan fingerprint density at radius 2 is 2.10 bits per heavy atom. The van der Waals surface area contributed by atoms with Crippen molar-refractivity contribution in [3.8, 4) is 34.0 Å². The highest BCUT2D eigenvalue weighted by Crippen LogP contribution is 2.33. The quantitative estimate of drug-likeness (QED) is 0.211. The van der Waals surface area contributed by atoms with E-state index >= 15 is 4.39 Å². The second kappa shape index (κ2) is 10.6. The van der Waals surface area contributed by atoms with Gasteiger partial charge in [-0.3, -0.25) is 4.68 Å². The summed E-state index contributed by atoms with van der Waals surface area (Å²) in [4.78, 5) is 17.8. The maximum Gasteiger partial charge on any atom is 0.410 e. The molecule has 0 bridgehead atoms. The minimum absolute atomic E-state index is 0.0352. The van der Waals surface area contributed by atoms with E-state index in [0.717, 1.165) is 0 Å². The van der Waals surface area contributed by atoms with Gasteiger partial charge < -0.3 is 14.8 Å². The first-order chi connectivity index (χ1) is 19.9. The zero-order valence-electron chi connectivity index (χ0n) is 21.0. The number of pyridine rings is 2. The molecule has 1 amide bonds. The van der Waals surface area contributed by atoms with Crippen molar-refractivity contribution in [2.45, 2.75) is 6.04 Å². The second-order valence-electron chi connectivity index (χ2n) is 9.01. The molecule has 5 heterocycles. The normalized spacial score (nSPS) is 13.7. The smallest absolute Gasteiger partial charge is 0.410 e. The van der Waals surface area contributed by atoms with Gasteiger partial charge in [0, 0.05) is 24.0 Å². The average Bonchev–Trinajstić information content (AvgIpc) is 3.76. The number of benzene rings is 1. The van der Waals surface area contributed by atoms with Crippen LogP contribution in [0.15, 0.2) is 67.5 Å². The van der Waals surface area contributed by atoms with Crippen LogP contribution in [-0.2, 0) is 4.74 Å². The molecular formula is C26H18ClFN10O3. The van der Waals surface area contributed by atoms with Gasteiger partial charge in [0.1, 0.15) is 24.7 Å². The summed E-state index contributed by atoms with van der Waals surface area (Å²) in [6, 6.07) is 10.7. The van der Waals surface area contributed by atoms with Crippen molar-refractivity contribution in [3.05, 3.63) is 94.9 Å². The molecule has 0 N–H and O–H groups in total. The minimum Gasteiger partial charge on any atom is -0.618 e. The number of nitrogens with zero attached hydrogens (tertiary/aromatic N) is 10. The lowest BCUT2D eigenvalue weighted by molar-refractivity contribution is -0.615. The van der Waals surface area contributed by atoms with Crippen molar-refractivity contribution in [2.75, 3.05) is 19.7 Å². The van der Waals surface area contributed by atoms with Crippen LogP contribution in [-0.4, -0.2) is 65.7 Å². The number of amides is 1. The van der Waals surface area contributed by atoms with E-state index in [0.29, 0.717) is 22.4 Å². The summed E-state index contributed by atoms with van der Waals surface area (Å²) in [6.45, 7) is 0.663. The monoisotopic (exact) mass is 572 g/mol. The van der Waals surface area contributed by atoms with Crippen molar-refractivity contribution in [3.63, 3.8) is 0 Å². The highest BCUT2D eigenvalue weighted by Gasteiger charge is 2.32. The van der Waals surface area contributed by atoms with Crippen LogP contribution < -0.4 is 4.73 Å². The summed E-state index contributed by atoms with van der Waals surface area (Å²) in [5.41, 5.74) is 2.42. The van der Waals surface area contributed by atoms with Gasteiger partial charge in [-0.1, -0.05) is 11.6 Å².